The van der Waals surface area contributed by atoms with Gasteiger partial charge < -0.3 is 15.8 Å². The van der Waals surface area contributed by atoms with Gasteiger partial charge in [-0.3, -0.25) is 0 Å². The summed E-state index contributed by atoms with van der Waals surface area (Å²) in [5.41, 5.74) is 7.18. The summed E-state index contributed by atoms with van der Waals surface area (Å²) in [7, 11) is 0. The number of benzene rings is 2. The van der Waals surface area contributed by atoms with Gasteiger partial charge in [0.15, 0.2) is 11.6 Å². The molecule has 0 aliphatic carbocycles. The van der Waals surface area contributed by atoms with Crippen molar-refractivity contribution in [2.24, 2.45) is 0 Å². The third kappa shape index (κ3) is 3.58. The first-order chi connectivity index (χ1) is 9.16. The number of hydrogen-bond acceptors (Lipinski definition) is 3. The molecule has 2 aromatic carbocycles. The number of halogens is 2. The molecule has 100 valence electrons. The Labute approximate surface area is 110 Å². The molecule has 0 saturated carbocycles. The Morgan fingerprint density at radius 3 is 2.63 bits per heavy atom. The van der Waals surface area contributed by atoms with E-state index in [4.69, 9.17) is 10.5 Å². The number of nitrogens with one attached hydrogen (secondary N) is 1. The zero-order valence-corrected chi connectivity index (χ0v) is 10.2. The van der Waals surface area contributed by atoms with Crippen LogP contribution in [0.5, 0.6) is 5.75 Å². The van der Waals surface area contributed by atoms with E-state index in [0.29, 0.717) is 12.2 Å². The lowest BCUT2D eigenvalue weighted by atomic mass is 10.3. The van der Waals surface area contributed by atoms with Gasteiger partial charge in [0, 0.05) is 12.6 Å². The first-order valence-corrected chi connectivity index (χ1v) is 5.83. The summed E-state index contributed by atoms with van der Waals surface area (Å²) in [5, 5.41) is 3.07. The molecule has 0 spiro atoms. The second-order valence-corrected chi connectivity index (χ2v) is 3.94. The second-order valence-electron chi connectivity index (χ2n) is 3.94. The maximum atomic E-state index is 13.3. The van der Waals surface area contributed by atoms with Gasteiger partial charge in [-0.25, -0.2) is 8.78 Å². The monoisotopic (exact) mass is 264 g/mol. The minimum absolute atomic E-state index is 0.0317. The molecule has 0 aliphatic rings. The van der Waals surface area contributed by atoms with Crippen LogP contribution >= 0.6 is 0 Å². The zero-order chi connectivity index (χ0) is 13.7. The third-order valence-corrected chi connectivity index (χ3v) is 2.53. The molecule has 19 heavy (non-hydrogen) atoms. The molecule has 0 aliphatic heterocycles. The highest BCUT2D eigenvalue weighted by Gasteiger charge is 2.04. The largest absolute Gasteiger partial charge is 0.489 e. The fraction of sp³-hybridized carbons (Fsp3) is 0.143. The van der Waals surface area contributed by atoms with Gasteiger partial charge in [-0.1, -0.05) is 12.1 Å². The molecular formula is C14H14F2N2O. The number of hydrogen-bond donors (Lipinski definition) is 2. The average molecular weight is 264 g/mol. The molecule has 0 heterocycles. The van der Waals surface area contributed by atoms with E-state index in [9.17, 15) is 8.78 Å². The summed E-state index contributed by atoms with van der Waals surface area (Å²) in [6.07, 6.45) is 0. The number of ether oxygens (including phenoxy) is 1. The van der Waals surface area contributed by atoms with Crippen molar-refractivity contribution in [1.29, 1.82) is 0 Å². The van der Waals surface area contributed by atoms with Crippen LogP contribution in [0.25, 0.3) is 0 Å². The van der Waals surface area contributed by atoms with Crippen LogP contribution in [-0.2, 0) is 0 Å². The Kier molecular flexibility index (Phi) is 4.18. The Morgan fingerprint density at radius 1 is 1.11 bits per heavy atom. The van der Waals surface area contributed by atoms with Crippen LogP contribution in [0.2, 0.25) is 0 Å². The fourth-order valence-corrected chi connectivity index (χ4v) is 1.60. The number of nitrogen functional groups attached to an aromatic ring is 1. The van der Waals surface area contributed by atoms with Gasteiger partial charge in [-0.15, -0.1) is 0 Å². The molecular weight excluding hydrogens is 250 g/mol. The topological polar surface area (TPSA) is 47.3 Å². The van der Waals surface area contributed by atoms with E-state index in [1.165, 1.54) is 6.07 Å². The predicted molar refractivity (Wildman–Crippen MR) is 71.2 cm³/mol. The highest BCUT2D eigenvalue weighted by atomic mass is 19.1. The highest BCUT2D eigenvalue weighted by molar-refractivity contribution is 5.65. The van der Waals surface area contributed by atoms with E-state index in [2.05, 4.69) is 5.32 Å². The van der Waals surface area contributed by atoms with Gasteiger partial charge in [0.1, 0.15) is 12.4 Å². The standard InChI is InChI=1S/C14H14F2N2O/c15-10-5-6-14(11(16)9-10)19-8-7-18-13-4-2-1-3-12(13)17/h1-6,9,18H,7-8,17H2. The van der Waals surface area contributed by atoms with Gasteiger partial charge in [0.05, 0.1) is 11.4 Å². The molecule has 3 N–H and O–H groups in total. The molecule has 0 fully saturated rings. The molecule has 2 rings (SSSR count). The van der Waals surface area contributed by atoms with Crippen LogP contribution in [0.4, 0.5) is 20.2 Å². The minimum Gasteiger partial charge on any atom is -0.489 e. The van der Waals surface area contributed by atoms with Gasteiger partial charge in [0.25, 0.3) is 0 Å². The third-order valence-electron chi connectivity index (χ3n) is 2.53. The van der Waals surface area contributed by atoms with E-state index >= 15 is 0 Å². The molecule has 0 saturated heterocycles. The SMILES string of the molecule is Nc1ccccc1NCCOc1ccc(F)cc1F. The summed E-state index contributed by atoms with van der Waals surface area (Å²) < 4.78 is 31.1. The van der Waals surface area contributed by atoms with Crippen molar-refractivity contribution in [2.75, 3.05) is 24.2 Å². The lowest BCUT2D eigenvalue weighted by Crippen LogP contribution is -2.13. The molecule has 0 amide bonds. The van der Waals surface area contributed by atoms with Crippen LogP contribution in [-0.4, -0.2) is 13.2 Å². The molecule has 5 heteroatoms. The molecule has 0 radical (unpaired) electrons. The van der Waals surface area contributed by atoms with Gasteiger partial charge in [0.2, 0.25) is 0 Å². The number of para-hydroxylation sites is 2. The average Bonchev–Trinajstić information content (AvgIpc) is 2.38. The number of anilines is 2. The van der Waals surface area contributed by atoms with Crippen LogP contribution in [0.1, 0.15) is 0 Å². The quantitative estimate of drug-likeness (QED) is 0.644. The summed E-state index contributed by atoms with van der Waals surface area (Å²) in [6.45, 7) is 0.710. The first kappa shape index (κ1) is 13.1. The summed E-state index contributed by atoms with van der Waals surface area (Å²) in [6, 6.07) is 10.5. The first-order valence-electron chi connectivity index (χ1n) is 5.83. The Bertz CT molecular complexity index is 561. The molecule has 0 atom stereocenters. The zero-order valence-electron chi connectivity index (χ0n) is 10.2. The Balaban J connectivity index is 1.83. The van der Waals surface area contributed by atoms with Crippen molar-refractivity contribution in [3.63, 3.8) is 0 Å². The van der Waals surface area contributed by atoms with Crippen molar-refractivity contribution in [1.82, 2.24) is 0 Å². The molecule has 0 bridgehead atoms. The summed E-state index contributed by atoms with van der Waals surface area (Å²) >= 11 is 0. The van der Waals surface area contributed by atoms with Crippen molar-refractivity contribution >= 4 is 11.4 Å². The van der Waals surface area contributed by atoms with Crippen molar-refractivity contribution in [2.45, 2.75) is 0 Å². The van der Waals surface area contributed by atoms with E-state index in [-0.39, 0.29) is 12.4 Å². The van der Waals surface area contributed by atoms with Gasteiger partial charge >= 0.3 is 0 Å². The van der Waals surface area contributed by atoms with E-state index in [1.54, 1.807) is 6.07 Å². The lowest BCUT2D eigenvalue weighted by molar-refractivity contribution is 0.314. The van der Waals surface area contributed by atoms with Crippen LogP contribution < -0.4 is 15.8 Å². The summed E-state index contributed by atoms with van der Waals surface area (Å²) in [5.74, 6) is -1.30. The van der Waals surface area contributed by atoms with E-state index in [1.807, 2.05) is 18.2 Å². The minimum atomic E-state index is -0.709. The second kappa shape index (κ2) is 6.04. The maximum absolute atomic E-state index is 13.3. The van der Waals surface area contributed by atoms with E-state index < -0.39 is 11.6 Å². The Morgan fingerprint density at radius 2 is 1.89 bits per heavy atom. The van der Waals surface area contributed by atoms with E-state index in [0.717, 1.165) is 17.8 Å². The van der Waals surface area contributed by atoms with Crippen molar-refractivity contribution in [3.8, 4) is 5.75 Å². The molecule has 0 aromatic heterocycles. The molecule has 2 aromatic rings. The molecule has 0 unspecified atom stereocenters. The van der Waals surface area contributed by atoms with Gasteiger partial charge in [-0.05, 0) is 24.3 Å². The van der Waals surface area contributed by atoms with Crippen molar-refractivity contribution < 1.29 is 13.5 Å². The number of nitrogens with two attached hydrogens (primary N) is 1. The maximum Gasteiger partial charge on any atom is 0.167 e. The van der Waals surface area contributed by atoms with Crippen LogP contribution in [0.15, 0.2) is 42.5 Å². The van der Waals surface area contributed by atoms with Crippen molar-refractivity contribution in [3.05, 3.63) is 54.1 Å². The number of rotatable bonds is 5. The predicted octanol–water partition coefficient (Wildman–Crippen LogP) is 3.04. The normalized spacial score (nSPS) is 10.2. The summed E-state index contributed by atoms with van der Waals surface area (Å²) in [4.78, 5) is 0. The lowest BCUT2D eigenvalue weighted by Gasteiger charge is -2.10. The fourth-order valence-electron chi connectivity index (χ4n) is 1.60. The van der Waals surface area contributed by atoms with Crippen LogP contribution in [0.3, 0.4) is 0 Å². The van der Waals surface area contributed by atoms with Crippen LogP contribution in [0, 0.1) is 11.6 Å². The smallest absolute Gasteiger partial charge is 0.167 e. The Hall–Kier alpha value is -2.30. The highest BCUT2D eigenvalue weighted by Crippen LogP contribution is 2.18. The molecule has 3 nitrogen and oxygen atoms in total. The van der Waals surface area contributed by atoms with Gasteiger partial charge in [-0.2, -0.15) is 0 Å².